The molecule has 42 heavy (non-hydrogen) atoms. The predicted molar refractivity (Wildman–Crippen MR) is 187 cm³/mol. The molecule has 0 aliphatic carbocycles. The molecule has 0 bridgehead atoms. The Hall–Kier alpha value is -3.71. The van der Waals surface area contributed by atoms with Crippen molar-refractivity contribution in [3.05, 3.63) is 72.2 Å². The molecule has 0 N–H and O–H groups in total. The lowest BCUT2D eigenvalue weighted by Gasteiger charge is -2.19. The van der Waals surface area contributed by atoms with Crippen molar-refractivity contribution in [1.29, 1.82) is 0 Å². The third-order valence-electron chi connectivity index (χ3n) is 10.2. The van der Waals surface area contributed by atoms with Gasteiger partial charge in [0.05, 0.1) is 0 Å². The number of fused-ring (bicyclic) bond motifs is 9. The zero-order valence-electron chi connectivity index (χ0n) is 25.8. The van der Waals surface area contributed by atoms with Crippen molar-refractivity contribution >= 4 is 70.4 Å². The fourth-order valence-electron chi connectivity index (χ4n) is 6.62. The maximum Gasteiger partial charge on any atom is 0.177 e. The number of benzene rings is 4. The van der Waals surface area contributed by atoms with Crippen LogP contribution < -0.4 is 0 Å². The Labute approximate surface area is 251 Å². The number of rotatable bonds is 6. The molecule has 0 fully saturated rings. The van der Waals surface area contributed by atoms with Crippen molar-refractivity contribution < 1.29 is 8.83 Å². The minimum absolute atomic E-state index is 0.779. The van der Waals surface area contributed by atoms with Gasteiger partial charge in [0.25, 0.3) is 0 Å². The molecule has 0 aliphatic heterocycles. The molecule has 6 rings (SSSR count). The average molecular weight is 585 g/mol. The van der Waals surface area contributed by atoms with Crippen LogP contribution >= 0.6 is 0 Å². The molecule has 0 atom stereocenters. The van der Waals surface area contributed by atoms with Gasteiger partial charge in [-0.1, -0.05) is 77.9 Å². The second-order valence-corrected chi connectivity index (χ2v) is 21.6. The van der Waals surface area contributed by atoms with E-state index < -0.39 is 16.1 Å². The van der Waals surface area contributed by atoms with Gasteiger partial charge in [-0.2, -0.15) is 0 Å². The van der Waals surface area contributed by atoms with Gasteiger partial charge in [0.15, 0.2) is 11.5 Å². The van der Waals surface area contributed by atoms with Crippen molar-refractivity contribution in [2.24, 2.45) is 0 Å². The van der Waals surface area contributed by atoms with Gasteiger partial charge < -0.3 is 8.83 Å². The first kappa shape index (κ1) is 28.4. The molecule has 4 heteroatoms. The zero-order chi connectivity index (χ0) is 29.5. The van der Waals surface area contributed by atoms with Gasteiger partial charge in [-0.05, 0) is 92.6 Å². The summed E-state index contributed by atoms with van der Waals surface area (Å²) < 4.78 is 12.5. The van der Waals surface area contributed by atoms with Gasteiger partial charge in [0, 0.05) is 22.9 Å². The van der Waals surface area contributed by atoms with E-state index in [0.717, 1.165) is 33.5 Å². The van der Waals surface area contributed by atoms with Crippen molar-refractivity contribution in [1.82, 2.24) is 0 Å². The highest BCUT2D eigenvalue weighted by Crippen LogP contribution is 2.38. The summed E-state index contributed by atoms with van der Waals surface area (Å²) in [5.74, 6) is 8.42. The highest BCUT2D eigenvalue weighted by atomic mass is 28.3. The SMILES string of the molecule is CC[Si](C#Cc1cc2c(ccc3c2ccc2c4ccc5oc(C#C[Si](CC)(CC)CC)cc5c4ccc32)o1)(CC)CC. The van der Waals surface area contributed by atoms with Crippen LogP contribution in [-0.4, -0.2) is 16.1 Å². The first-order chi connectivity index (χ1) is 20.4. The normalized spacial score (nSPS) is 12.2. The molecular formula is C38H40O2Si2. The van der Waals surface area contributed by atoms with E-state index in [-0.39, 0.29) is 0 Å². The van der Waals surface area contributed by atoms with Crippen LogP contribution in [0.1, 0.15) is 53.1 Å². The summed E-state index contributed by atoms with van der Waals surface area (Å²) in [6.07, 6.45) is 0. The fraction of sp³-hybridized carbons (Fsp3) is 0.316. The highest BCUT2D eigenvalue weighted by molar-refractivity contribution is 6.87. The van der Waals surface area contributed by atoms with Gasteiger partial charge >= 0.3 is 0 Å². The van der Waals surface area contributed by atoms with E-state index in [1.165, 1.54) is 68.6 Å². The van der Waals surface area contributed by atoms with Gasteiger partial charge in [-0.25, -0.2) is 0 Å². The summed E-state index contributed by atoms with van der Waals surface area (Å²) in [6.45, 7) is 13.7. The van der Waals surface area contributed by atoms with Crippen molar-refractivity contribution in [3.8, 4) is 22.9 Å². The topological polar surface area (TPSA) is 26.3 Å². The van der Waals surface area contributed by atoms with Gasteiger partial charge in [0.1, 0.15) is 27.3 Å². The van der Waals surface area contributed by atoms with Crippen LogP contribution in [0.4, 0.5) is 0 Å². The second-order valence-electron chi connectivity index (χ2n) is 11.8. The fourth-order valence-corrected chi connectivity index (χ4v) is 11.5. The number of hydrogen-bond donors (Lipinski definition) is 0. The van der Waals surface area contributed by atoms with Crippen LogP contribution in [0, 0.1) is 22.9 Å². The quantitative estimate of drug-likeness (QED) is 0.111. The predicted octanol–water partition coefficient (Wildman–Crippen LogP) is 11.4. The van der Waals surface area contributed by atoms with E-state index in [9.17, 15) is 0 Å². The Kier molecular flexibility index (Phi) is 7.56. The molecule has 0 spiro atoms. The molecule has 6 aromatic rings. The van der Waals surface area contributed by atoms with Crippen molar-refractivity contribution in [2.45, 2.75) is 77.8 Å². The van der Waals surface area contributed by atoms with Gasteiger partial charge in [-0.15, -0.1) is 11.1 Å². The third-order valence-corrected chi connectivity index (χ3v) is 19.6. The molecule has 0 amide bonds. The van der Waals surface area contributed by atoms with E-state index in [1.807, 2.05) is 0 Å². The Morgan fingerprint density at radius 1 is 0.429 bits per heavy atom. The van der Waals surface area contributed by atoms with Crippen LogP contribution in [0.3, 0.4) is 0 Å². The van der Waals surface area contributed by atoms with Crippen LogP contribution in [-0.2, 0) is 0 Å². The molecular weight excluding hydrogens is 545 g/mol. The monoisotopic (exact) mass is 584 g/mol. The molecule has 0 unspecified atom stereocenters. The van der Waals surface area contributed by atoms with E-state index in [4.69, 9.17) is 8.83 Å². The van der Waals surface area contributed by atoms with Crippen LogP contribution in [0.15, 0.2) is 69.5 Å². The molecule has 2 aromatic heterocycles. The molecule has 2 heterocycles. The van der Waals surface area contributed by atoms with Crippen molar-refractivity contribution in [3.63, 3.8) is 0 Å². The summed E-state index contributed by atoms with van der Waals surface area (Å²) in [5, 5.41) is 9.65. The summed E-state index contributed by atoms with van der Waals surface area (Å²) in [5.41, 5.74) is 9.16. The van der Waals surface area contributed by atoms with Crippen molar-refractivity contribution in [2.75, 3.05) is 0 Å². The number of hydrogen-bond acceptors (Lipinski definition) is 2. The summed E-state index contributed by atoms with van der Waals surface area (Å²) >= 11 is 0. The van der Waals surface area contributed by atoms with Crippen LogP contribution in [0.25, 0.3) is 54.3 Å². The Bertz CT molecular complexity index is 1910. The summed E-state index contributed by atoms with van der Waals surface area (Å²) in [7, 11) is -3.07. The van der Waals surface area contributed by atoms with E-state index in [2.05, 4.69) is 125 Å². The van der Waals surface area contributed by atoms with Crippen LogP contribution in [0.5, 0.6) is 0 Å². The average Bonchev–Trinajstić information content (AvgIpc) is 3.66. The standard InChI is InChI=1S/C38H40O2Si2/c1-7-41(8-2,9-3)23-21-27-25-35-33-15-13-30-29(31(33)17-19-37(35)39-27)14-16-34-32(30)18-20-38-36(34)26-28(40-38)22-24-42(10-4,11-5)12-6/h13-20,25-26H,7-12H2,1-6H3. The largest absolute Gasteiger partial charge is 0.448 e. The first-order valence-corrected chi connectivity index (χ1v) is 21.0. The summed E-state index contributed by atoms with van der Waals surface area (Å²) in [6, 6.07) is 29.0. The minimum Gasteiger partial charge on any atom is -0.448 e. The molecule has 2 nitrogen and oxygen atoms in total. The Balaban J connectivity index is 1.46. The van der Waals surface area contributed by atoms with Gasteiger partial charge in [0.2, 0.25) is 0 Å². The molecule has 0 saturated carbocycles. The first-order valence-electron chi connectivity index (χ1n) is 15.7. The molecule has 0 aliphatic rings. The van der Waals surface area contributed by atoms with Crippen LogP contribution in [0.2, 0.25) is 36.3 Å². The molecule has 0 saturated heterocycles. The maximum absolute atomic E-state index is 6.23. The minimum atomic E-state index is -1.54. The maximum atomic E-state index is 6.23. The Morgan fingerprint density at radius 3 is 1.02 bits per heavy atom. The smallest absolute Gasteiger partial charge is 0.177 e. The highest BCUT2D eigenvalue weighted by Gasteiger charge is 2.25. The molecule has 212 valence electrons. The Morgan fingerprint density at radius 2 is 0.714 bits per heavy atom. The lowest BCUT2D eigenvalue weighted by Crippen LogP contribution is -2.29. The van der Waals surface area contributed by atoms with E-state index >= 15 is 0 Å². The molecule has 0 radical (unpaired) electrons. The zero-order valence-corrected chi connectivity index (χ0v) is 27.8. The lowest BCUT2D eigenvalue weighted by molar-refractivity contribution is 0.601. The third kappa shape index (κ3) is 4.68. The molecule has 4 aromatic carbocycles. The second kappa shape index (κ2) is 11.2. The van der Waals surface area contributed by atoms with E-state index in [0.29, 0.717) is 0 Å². The summed E-state index contributed by atoms with van der Waals surface area (Å²) in [4.78, 5) is 0. The lowest BCUT2D eigenvalue weighted by atomic mass is 9.95. The van der Waals surface area contributed by atoms with E-state index in [1.54, 1.807) is 0 Å². The van der Waals surface area contributed by atoms with Gasteiger partial charge in [-0.3, -0.25) is 0 Å². The number of furan rings is 2.